The van der Waals surface area contributed by atoms with Crippen LogP contribution < -0.4 is 4.90 Å². The number of thioether (sulfide) groups is 1. The Morgan fingerprint density at radius 1 is 1.29 bits per heavy atom. The molecule has 1 N–H and O–H groups in total. The van der Waals surface area contributed by atoms with E-state index in [1.807, 2.05) is 17.0 Å². The molecule has 1 saturated heterocycles. The van der Waals surface area contributed by atoms with Gasteiger partial charge in [0, 0.05) is 24.5 Å². The van der Waals surface area contributed by atoms with Gasteiger partial charge in [-0.1, -0.05) is 12.1 Å². The van der Waals surface area contributed by atoms with Gasteiger partial charge in [-0.3, -0.25) is 0 Å². The van der Waals surface area contributed by atoms with Crippen LogP contribution in [-0.4, -0.2) is 28.4 Å². The molecule has 0 radical (unpaired) electrons. The minimum absolute atomic E-state index is 0.00812. The molecule has 0 bridgehead atoms. The van der Waals surface area contributed by atoms with Crippen LogP contribution in [0.5, 0.6) is 0 Å². The number of benzene rings is 1. The van der Waals surface area contributed by atoms with E-state index >= 15 is 0 Å². The summed E-state index contributed by atoms with van der Waals surface area (Å²) in [6.45, 7) is 8.53. The average molecular weight is 343 g/mol. The zero-order chi connectivity index (χ0) is 16.9. The summed E-state index contributed by atoms with van der Waals surface area (Å²) in [4.78, 5) is 9.65. The monoisotopic (exact) mass is 343 g/mol. The summed E-state index contributed by atoms with van der Waals surface area (Å²) in [5, 5.41) is 10.5. The predicted octanol–water partition coefficient (Wildman–Crippen LogP) is 4.02. The molecule has 1 aliphatic heterocycles. The number of aliphatic hydroxyl groups excluding tert-OH is 1. The average Bonchev–Trinajstić information content (AvgIpc) is 2.63. The normalized spacial score (nSPS) is 15.3. The van der Waals surface area contributed by atoms with Crippen LogP contribution in [-0.2, 0) is 6.61 Å². The number of hydrogen-bond donors (Lipinski definition) is 1. The molecule has 0 aliphatic carbocycles. The number of nitrogens with zero attached hydrogens (tertiary/aromatic N) is 3. The third kappa shape index (κ3) is 3.86. The fourth-order valence-corrected chi connectivity index (χ4v) is 3.83. The summed E-state index contributed by atoms with van der Waals surface area (Å²) < 4.78 is 14.1. The van der Waals surface area contributed by atoms with Crippen molar-refractivity contribution in [3.8, 4) is 0 Å². The highest BCUT2D eigenvalue weighted by molar-refractivity contribution is 7.99. The highest BCUT2D eigenvalue weighted by Gasteiger charge is 2.22. The summed E-state index contributed by atoms with van der Waals surface area (Å²) in [5.74, 6) is -0.323. The van der Waals surface area contributed by atoms with Gasteiger partial charge < -0.3 is 10.0 Å². The lowest BCUT2D eigenvalue weighted by molar-refractivity contribution is 0.281. The molecular weight excluding hydrogens is 325 g/mol. The number of rotatable bonds is 4. The SMILES string of the molecule is [C-]#[N+]c1ccc(N2CCC(Sc3ccc(CO)cn3)CC2)c(F)c1. The zero-order valence-electron chi connectivity index (χ0n) is 13.2. The molecule has 2 aromatic rings. The minimum Gasteiger partial charge on any atom is -0.392 e. The Bertz CT molecular complexity index is 737. The van der Waals surface area contributed by atoms with Crippen molar-refractivity contribution in [2.75, 3.05) is 18.0 Å². The van der Waals surface area contributed by atoms with Crippen LogP contribution in [0, 0.1) is 12.4 Å². The third-order valence-corrected chi connectivity index (χ3v) is 5.40. The lowest BCUT2D eigenvalue weighted by atomic mass is 10.1. The maximum Gasteiger partial charge on any atom is 0.190 e. The Morgan fingerprint density at radius 2 is 2.08 bits per heavy atom. The van der Waals surface area contributed by atoms with Gasteiger partial charge in [0.1, 0.15) is 5.82 Å². The molecule has 4 nitrogen and oxygen atoms in total. The molecule has 1 fully saturated rings. The van der Waals surface area contributed by atoms with E-state index in [9.17, 15) is 4.39 Å². The first-order valence-corrected chi connectivity index (χ1v) is 8.72. The van der Waals surface area contributed by atoms with Crippen molar-refractivity contribution in [3.63, 3.8) is 0 Å². The van der Waals surface area contributed by atoms with Crippen molar-refractivity contribution in [1.29, 1.82) is 0 Å². The maximum atomic E-state index is 14.1. The second kappa shape index (κ2) is 7.65. The van der Waals surface area contributed by atoms with Gasteiger partial charge in [-0.25, -0.2) is 14.2 Å². The zero-order valence-corrected chi connectivity index (χ0v) is 14.0. The molecule has 0 unspecified atom stereocenters. The number of pyridine rings is 1. The summed E-state index contributed by atoms with van der Waals surface area (Å²) in [7, 11) is 0. The molecule has 0 spiro atoms. The first-order chi connectivity index (χ1) is 11.7. The lowest BCUT2D eigenvalue weighted by Gasteiger charge is -2.33. The lowest BCUT2D eigenvalue weighted by Crippen LogP contribution is -2.35. The molecule has 3 rings (SSSR count). The minimum atomic E-state index is -0.323. The Hall–Kier alpha value is -2.10. The predicted molar refractivity (Wildman–Crippen MR) is 93.9 cm³/mol. The van der Waals surface area contributed by atoms with Gasteiger partial charge >= 0.3 is 0 Å². The summed E-state index contributed by atoms with van der Waals surface area (Å²) in [6.07, 6.45) is 3.61. The molecule has 1 aromatic heterocycles. The molecule has 124 valence electrons. The Balaban J connectivity index is 1.58. The molecular formula is C18H18FN3OS. The van der Waals surface area contributed by atoms with E-state index in [2.05, 4.69) is 9.83 Å². The van der Waals surface area contributed by atoms with Crippen LogP contribution >= 0.6 is 11.8 Å². The van der Waals surface area contributed by atoms with Crippen molar-refractivity contribution in [2.45, 2.75) is 29.7 Å². The molecule has 0 atom stereocenters. The highest BCUT2D eigenvalue weighted by Crippen LogP contribution is 2.32. The van der Waals surface area contributed by atoms with Gasteiger partial charge in [-0.2, -0.15) is 0 Å². The van der Waals surface area contributed by atoms with E-state index in [-0.39, 0.29) is 12.4 Å². The van der Waals surface area contributed by atoms with E-state index in [1.165, 1.54) is 6.07 Å². The van der Waals surface area contributed by atoms with Crippen molar-refractivity contribution in [1.82, 2.24) is 4.98 Å². The maximum absolute atomic E-state index is 14.1. The fraction of sp³-hybridized carbons (Fsp3) is 0.333. The molecule has 24 heavy (non-hydrogen) atoms. The number of piperidine rings is 1. The van der Waals surface area contributed by atoms with Gasteiger partial charge in [0.2, 0.25) is 0 Å². The van der Waals surface area contributed by atoms with Gasteiger partial charge in [0.25, 0.3) is 0 Å². The molecule has 6 heteroatoms. The highest BCUT2D eigenvalue weighted by atomic mass is 32.2. The number of aliphatic hydroxyl groups is 1. The van der Waals surface area contributed by atoms with Gasteiger partial charge in [-0.05, 0) is 36.6 Å². The first kappa shape index (κ1) is 16.7. The van der Waals surface area contributed by atoms with E-state index in [0.29, 0.717) is 16.6 Å². The van der Waals surface area contributed by atoms with E-state index < -0.39 is 0 Å². The Labute approximate surface area is 145 Å². The smallest absolute Gasteiger partial charge is 0.190 e. The summed E-state index contributed by atoms with van der Waals surface area (Å²) in [5.41, 5.74) is 1.72. The van der Waals surface area contributed by atoms with Crippen molar-refractivity contribution in [3.05, 3.63) is 59.3 Å². The van der Waals surface area contributed by atoms with Gasteiger partial charge in [-0.15, -0.1) is 11.8 Å². The standard InChI is InChI=1S/C18H18FN3OS/c1-20-14-3-4-17(16(19)10-14)22-8-6-15(7-9-22)24-18-5-2-13(12-23)11-21-18/h2-5,10-11,15,23H,6-9,12H2. The Morgan fingerprint density at radius 3 is 2.67 bits per heavy atom. The second-order valence-electron chi connectivity index (χ2n) is 5.71. The van der Waals surface area contributed by atoms with E-state index in [4.69, 9.17) is 11.7 Å². The van der Waals surface area contributed by atoms with Crippen LogP contribution in [0.25, 0.3) is 4.85 Å². The molecule has 2 heterocycles. The molecule has 0 amide bonds. The molecule has 1 aromatic carbocycles. The summed E-state index contributed by atoms with van der Waals surface area (Å²) >= 11 is 1.74. The van der Waals surface area contributed by atoms with Gasteiger partial charge in [0.15, 0.2) is 5.69 Å². The Kier molecular flexibility index (Phi) is 5.34. The first-order valence-electron chi connectivity index (χ1n) is 7.84. The number of halogens is 1. The van der Waals surface area contributed by atoms with Crippen LogP contribution in [0.4, 0.5) is 15.8 Å². The van der Waals surface area contributed by atoms with Crippen molar-refractivity contribution in [2.24, 2.45) is 0 Å². The van der Waals surface area contributed by atoms with Crippen LogP contribution in [0.15, 0.2) is 41.6 Å². The molecule has 0 saturated carbocycles. The van der Waals surface area contributed by atoms with Crippen LogP contribution in [0.3, 0.4) is 0 Å². The number of aromatic nitrogens is 1. The fourth-order valence-electron chi connectivity index (χ4n) is 2.78. The van der Waals surface area contributed by atoms with Crippen molar-refractivity contribution >= 4 is 23.1 Å². The second-order valence-corrected chi connectivity index (χ2v) is 7.04. The van der Waals surface area contributed by atoms with Crippen LogP contribution in [0.2, 0.25) is 0 Å². The van der Waals surface area contributed by atoms with E-state index in [0.717, 1.165) is 36.5 Å². The molecule has 1 aliphatic rings. The van der Waals surface area contributed by atoms with Crippen LogP contribution in [0.1, 0.15) is 18.4 Å². The number of hydrogen-bond acceptors (Lipinski definition) is 4. The number of anilines is 1. The third-order valence-electron chi connectivity index (χ3n) is 4.11. The van der Waals surface area contributed by atoms with E-state index in [1.54, 1.807) is 30.1 Å². The summed E-state index contributed by atoms with van der Waals surface area (Å²) in [6, 6.07) is 8.49. The van der Waals surface area contributed by atoms with Gasteiger partial charge in [0.05, 0.1) is 23.9 Å². The topological polar surface area (TPSA) is 40.7 Å². The quantitative estimate of drug-likeness (QED) is 0.851. The van der Waals surface area contributed by atoms with Crippen molar-refractivity contribution < 1.29 is 9.50 Å². The largest absolute Gasteiger partial charge is 0.392 e.